The van der Waals surface area contributed by atoms with Gasteiger partial charge < -0.3 is 19.7 Å². The Morgan fingerprint density at radius 1 is 0.865 bits per heavy atom. The van der Waals surface area contributed by atoms with Gasteiger partial charge in [0.2, 0.25) is 11.8 Å². The monoisotopic (exact) mass is 520 g/mol. The van der Waals surface area contributed by atoms with Gasteiger partial charge in [-0.1, -0.05) is 61.5 Å². The molecule has 3 aromatic carbocycles. The van der Waals surface area contributed by atoms with Crippen molar-refractivity contribution in [2.75, 3.05) is 26.5 Å². The number of nitrogens with one attached hydrogen (secondary N) is 1. The molecule has 0 aliphatic carbocycles. The van der Waals surface area contributed by atoms with Crippen LogP contribution in [-0.4, -0.2) is 49.3 Å². The van der Waals surface area contributed by atoms with E-state index in [0.29, 0.717) is 31.0 Å². The molecule has 0 radical (unpaired) electrons. The van der Waals surface area contributed by atoms with Crippen LogP contribution in [0.25, 0.3) is 0 Å². The Morgan fingerprint density at radius 2 is 1.57 bits per heavy atom. The lowest BCUT2D eigenvalue weighted by Crippen LogP contribution is -2.51. The minimum atomic E-state index is -0.630. The van der Waals surface area contributed by atoms with Gasteiger partial charge in [0.1, 0.15) is 17.5 Å². The second-order valence-corrected chi connectivity index (χ2v) is 9.70. The van der Waals surface area contributed by atoms with Crippen LogP contribution in [-0.2, 0) is 28.3 Å². The molecule has 2 amide bonds. The maximum Gasteiger partial charge on any atom is 0.243 e. The van der Waals surface area contributed by atoms with Crippen LogP contribution < -0.4 is 14.8 Å². The minimum absolute atomic E-state index is 0.0751. The lowest BCUT2D eigenvalue weighted by Gasteiger charge is -2.31. The fourth-order valence-corrected chi connectivity index (χ4v) is 4.82. The predicted molar refractivity (Wildman–Crippen MR) is 150 cm³/mol. The van der Waals surface area contributed by atoms with E-state index in [1.165, 1.54) is 11.8 Å². The van der Waals surface area contributed by atoms with Crippen molar-refractivity contribution in [3.05, 3.63) is 95.6 Å². The van der Waals surface area contributed by atoms with Crippen molar-refractivity contribution in [2.45, 2.75) is 38.1 Å². The summed E-state index contributed by atoms with van der Waals surface area (Å²) in [6.07, 6.45) is 1.26. The minimum Gasteiger partial charge on any atom is -0.497 e. The number of ether oxygens (including phenoxy) is 2. The van der Waals surface area contributed by atoms with E-state index in [-0.39, 0.29) is 17.6 Å². The van der Waals surface area contributed by atoms with Gasteiger partial charge in [0.25, 0.3) is 0 Å². The summed E-state index contributed by atoms with van der Waals surface area (Å²) in [5, 5.41) is 3.01. The summed E-state index contributed by atoms with van der Waals surface area (Å²) in [7, 11) is 3.26. The second kappa shape index (κ2) is 15.0. The molecule has 196 valence electrons. The topological polar surface area (TPSA) is 67.9 Å². The SMILES string of the molecule is CCCNC(=O)[C@H](Cc1ccccc1)N(Cc1cccc(OC)c1)C(=O)CSCc1ccc(OC)cc1. The third-order valence-corrected chi connectivity index (χ3v) is 6.95. The number of carbonyl (C=O) groups is 2. The number of thioether (sulfide) groups is 1. The number of carbonyl (C=O) groups excluding carboxylic acids is 2. The fourth-order valence-electron chi connectivity index (χ4n) is 3.95. The maximum atomic E-state index is 13.7. The highest BCUT2D eigenvalue weighted by molar-refractivity contribution is 7.99. The average molecular weight is 521 g/mol. The smallest absolute Gasteiger partial charge is 0.243 e. The number of rotatable bonds is 14. The van der Waals surface area contributed by atoms with Crippen LogP contribution in [0, 0.1) is 0 Å². The highest BCUT2D eigenvalue weighted by Gasteiger charge is 2.30. The van der Waals surface area contributed by atoms with Crippen molar-refractivity contribution in [2.24, 2.45) is 0 Å². The van der Waals surface area contributed by atoms with E-state index in [2.05, 4.69) is 5.32 Å². The van der Waals surface area contributed by atoms with Crippen molar-refractivity contribution in [1.29, 1.82) is 0 Å². The highest BCUT2D eigenvalue weighted by Crippen LogP contribution is 2.21. The molecule has 0 fully saturated rings. The summed E-state index contributed by atoms with van der Waals surface area (Å²) in [5.41, 5.74) is 3.03. The molecule has 0 saturated heterocycles. The summed E-state index contributed by atoms with van der Waals surface area (Å²) in [5.74, 6) is 2.26. The zero-order valence-corrected chi connectivity index (χ0v) is 22.6. The molecule has 0 bridgehead atoms. The van der Waals surface area contributed by atoms with Crippen LogP contribution in [0.3, 0.4) is 0 Å². The van der Waals surface area contributed by atoms with Crippen molar-refractivity contribution < 1.29 is 19.1 Å². The Kier molecular flexibility index (Phi) is 11.4. The molecule has 1 N–H and O–H groups in total. The number of amides is 2. The molecule has 0 aliphatic rings. The van der Waals surface area contributed by atoms with Gasteiger partial charge in [0.15, 0.2) is 0 Å². The highest BCUT2D eigenvalue weighted by atomic mass is 32.2. The molecule has 3 aromatic rings. The van der Waals surface area contributed by atoms with Crippen molar-refractivity contribution in [3.8, 4) is 11.5 Å². The molecular formula is C30H36N2O4S. The normalized spacial score (nSPS) is 11.4. The Hall–Kier alpha value is -3.45. The number of benzene rings is 3. The van der Waals surface area contributed by atoms with Crippen molar-refractivity contribution >= 4 is 23.6 Å². The molecule has 1 atom stereocenters. The van der Waals surface area contributed by atoms with Gasteiger partial charge in [0, 0.05) is 25.3 Å². The van der Waals surface area contributed by atoms with Crippen LogP contribution in [0.5, 0.6) is 11.5 Å². The Bertz CT molecular complexity index is 1120. The average Bonchev–Trinajstić information content (AvgIpc) is 2.94. The molecule has 0 aliphatic heterocycles. The summed E-state index contributed by atoms with van der Waals surface area (Å²) in [6, 6.07) is 24.7. The molecule has 0 unspecified atom stereocenters. The standard InChI is InChI=1S/C30H36N2O4S/c1-4-17-31-30(34)28(19-23-9-6-5-7-10-23)32(20-25-11-8-12-27(18-25)36-3)29(33)22-37-21-24-13-15-26(35-2)16-14-24/h5-16,18,28H,4,17,19-22H2,1-3H3,(H,31,34)/t28-/m0/s1. The van der Waals surface area contributed by atoms with Crippen molar-refractivity contribution in [1.82, 2.24) is 10.2 Å². The van der Waals surface area contributed by atoms with E-state index >= 15 is 0 Å². The van der Waals surface area contributed by atoms with Gasteiger partial charge in [-0.25, -0.2) is 0 Å². The van der Waals surface area contributed by atoms with Crippen LogP contribution in [0.1, 0.15) is 30.0 Å². The first-order chi connectivity index (χ1) is 18.0. The first kappa shape index (κ1) is 28.1. The molecule has 0 spiro atoms. The maximum absolute atomic E-state index is 13.7. The van der Waals surface area contributed by atoms with Crippen LogP contribution in [0.15, 0.2) is 78.9 Å². The summed E-state index contributed by atoms with van der Waals surface area (Å²) in [4.78, 5) is 28.8. The fraction of sp³-hybridized carbons (Fsp3) is 0.333. The van der Waals surface area contributed by atoms with Crippen LogP contribution in [0.4, 0.5) is 0 Å². The molecule has 0 saturated carbocycles. The molecule has 6 nitrogen and oxygen atoms in total. The van der Waals surface area contributed by atoms with Gasteiger partial charge in [-0.2, -0.15) is 0 Å². The van der Waals surface area contributed by atoms with E-state index in [1.807, 2.05) is 85.8 Å². The Labute approximate surface area is 224 Å². The number of hydrogen-bond acceptors (Lipinski definition) is 5. The van der Waals surface area contributed by atoms with Crippen LogP contribution >= 0.6 is 11.8 Å². The van der Waals surface area contributed by atoms with Gasteiger partial charge >= 0.3 is 0 Å². The summed E-state index contributed by atoms with van der Waals surface area (Å²) in [6.45, 7) is 2.90. The van der Waals surface area contributed by atoms with E-state index < -0.39 is 6.04 Å². The molecule has 3 rings (SSSR count). The largest absolute Gasteiger partial charge is 0.497 e. The van der Waals surface area contributed by atoms with E-state index in [4.69, 9.17) is 9.47 Å². The van der Waals surface area contributed by atoms with Gasteiger partial charge in [0.05, 0.1) is 20.0 Å². The lowest BCUT2D eigenvalue weighted by atomic mass is 10.0. The number of hydrogen-bond donors (Lipinski definition) is 1. The molecule has 7 heteroatoms. The quantitative estimate of drug-likeness (QED) is 0.320. The zero-order chi connectivity index (χ0) is 26.5. The van der Waals surface area contributed by atoms with E-state index in [9.17, 15) is 9.59 Å². The Balaban J connectivity index is 1.82. The third-order valence-electron chi connectivity index (χ3n) is 5.96. The molecule has 37 heavy (non-hydrogen) atoms. The first-order valence-corrected chi connectivity index (χ1v) is 13.6. The van der Waals surface area contributed by atoms with Crippen molar-refractivity contribution in [3.63, 3.8) is 0 Å². The third kappa shape index (κ3) is 8.86. The summed E-state index contributed by atoms with van der Waals surface area (Å²) >= 11 is 1.54. The number of methoxy groups -OCH3 is 2. The Morgan fingerprint density at radius 3 is 2.24 bits per heavy atom. The predicted octanol–water partition coefficient (Wildman–Crippen LogP) is 5.10. The molecule has 0 heterocycles. The van der Waals surface area contributed by atoms with Crippen LogP contribution in [0.2, 0.25) is 0 Å². The van der Waals surface area contributed by atoms with Gasteiger partial charge in [-0.15, -0.1) is 11.8 Å². The molecule has 0 aromatic heterocycles. The number of nitrogens with zero attached hydrogens (tertiary/aromatic N) is 1. The summed E-state index contributed by atoms with van der Waals surface area (Å²) < 4.78 is 10.6. The molecular weight excluding hydrogens is 484 g/mol. The van der Waals surface area contributed by atoms with E-state index in [1.54, 1.807) is 19.1 Å². The second-order valence-electron chi connectivity index (χ2n) is 8.71. The van der Waals surface area contributed by atoms with Gasteiger partial charge in [-0.05, 0) is 47.4 Å². The lowest BCUT2D eigenvalue weighted by molar-refractivity contribution is -0.139. The van der Waals surface area contributed by atoms with E-state index in [0.717, 1.165) is 28.9 Å². The van der Waals surface area contributed by atoms with Gasteiger partial charge in [-0.3, -0.25) is 9.59 Å². The zero-order valence-electron chi connectivity index (χ0n) is 21.8. The first-order valence-electron chi connectivity index (χ1n) is 12.5.